The van der Waals surface area contributed by atoms with Crippen LogP contribution in [0.15, 0.2) is 4.99 Å². The lowest BCUT2D eigenvalue weighted by Crippen LogP contribution is -2.50. The highest BCUT2D eigenvalue weighted by atomic mass is 31.2. The zero-order valence-corrected chi connectivity index (χ0v) is 32.1. The lowest BCUT2D eigenvalue weighted by molar-refractivity contribution is -0.147. The average molecular weight is 743 g/mol. The summed E-state index contributed by atoms with van der Waals surface area (Å²) in [6, 6.07) is -2.13. The van der Waals surface area contributed by atoms with Crippen molar-refractivity contribution < 1.29 is 43.1 Å². The van der Waals surface area contributed by atoms with Gasteiger partial charge in [0.05, 0.1) is 19.8 Å². The van der Waals surface area contributed by atoms with E-state index in [1.807, 2.05) is 18.7 Å². The molecule has 7 unspecified atom stereocenters. The molecular formula is C33H59N8O9P. The van der Waals surface area contributed by atoms with E-state index in [1.54, 1.807) is 34.6 Å². The molecule has 0 spiro atoms. The second-order valence-electron chi connectivity index (χ2n) is 13.4. The van der Waals surface area contributed by atoms with Crippen molar-refractivity contribution in [3.8, 4) is 0 Å². The Morgan fingerprint density at radius 1 is 1.04 bits per heavy atom. The largest absolute Gasteiger partial charge is 0.465 e. The maximum absolute atomic E-state index is 14.7. The Morgan fingerprint density at radius 2 is 1.57 bits per heavy atom. The van der Waals surface area contributed by atoms with E-state index < -0.39 is 67.9 Å². The van der Waals surface area contributed by atoms with E-state index in [4.69, 9.17) is 30.2 Å². The van der Waals surface area contributed by atoms with Gasteiger partial charge in [0.1, 0.15) is 35.6 Å². The number of anilines is 3. The van der Waals surface area contributed by atoms with Crippen molar-refractivity contribution in [2.75, 3.05) is 56.4 Å². The van der Waals surface area contributed by atoms with E-state index in [0.29, 0.717) is 24.3 Å². The predicted molar refractivity (Wildman–Crippen MR) is 194 cm³/mol. The molecular weight excluding hydrogens is 683 g/mol. The van der Waals surface area contributed by atoms with E-state index in [0.717, 1.165) is 25.9 Å². The van der Waals surface area contributed by atoms with Crippen LogP contribution in [-0.2, 0) is 32.9 Å². The number of aliphatic hydroxyl groups excluding tert-OH is 1. The summed E-state index contributed by atoms with van der Waals surface area (Å²) < 4.78 is 36.7. The molecule has 0 bridgehead atoms. The molecule has 1 aromatic rings. The molecule has 0 amide bonds. The molecule has 17 nitrogen and oxygen atoms in total. The quantitative estimate of drug-likeness (QED) is 0.0602. The van der Waals surface area contributed by atoms with E-state index in [-0.39, 0.29) is 36.8 Å². The van der Waals surface area contributed by atoms with Crippen molar-refractivity contribution in [1.29, 1.82) is 0 Å². The van der Waals surface area contributed by atoms with Crippen LogP contribution in [0.3, 0.4) is 0 Å². The summed E-state index contributed by atoms with van der Waals surface area (Å²) in [6.45, 7) is 13.6. The molecule has 1 aliphatic carbocycles. The SMILES string of the molecule is CCOC(=O)C(NP(=O)(NC(C(=O)OCC)[C@@H](C)CC)OCC(OC)C(O)C1(O)C(C)C1/C=N\c1c(N)nc(N)nc1N1CCCC1)[C@@H](C)CC. The highest BCUT2D eigenvalue weighted by molar-refractivity contribution is 7.54. The van der Waals surface area contributed by atoms with Gasteiger partial charge < -0.3 is 45.3 Å². The molecule has 8 N–H and O–H groups in total. The lowest BCUT2D eigenvalue weighted by atomic mass is 10.0. The minimum absolute atomic E-state index is 0.0275. The molecule has 1 saturated heterocycles. The number of hydrogen-bond donors (Lipinski definition) is 6. The Bertz CT molecular complexity index is 1360. The van der Waals surface area contributed by atoms with Gasteiger partial charge in [-0.15, -0.1) is 0 Å². The average Bonchev–Trinajstić information content (AvgIpc) is 3.40. The molecule has 1 aliphatic heterocycles. The normalized spacial score (nSPS) is 25.1. The Balaban J connectivity index is 1.88. The number of nitrogens with two attached hydrogens (primary N) is 2. The number of ether oxygens (including phenoxy) is 3. The van der Waals surface area contributed by atoms with Crippen molar-refractivity contribution in [1.82, 2.24) is 20.1 Å². The third-order valence-corrected chi connectivity index (χ3v) is 11.8. The van der Waals surface area contributed by atoms with Crippen LogP contribution in [0.2, 0.25) is 0 Å². The number of carbonyl (C=O) groups is 2. The van der Waals surface area contributed by atoms with Crippen LogP contribution in [0.4, 0.5) is 23.3 Å². The molecule has 1 aromatic heterocycles. The third-order valence-electron chi connectivity index (χ3n) is 10.0. The lowest BCUT2D eigenvalue weighted by Gasteiger charge is -2.33. The van der Waals surface area contributed by atoms with Crippen LogP contribution in [0.1, 0.15) is 74.1 Å². The fraction of sp³-hybridized carbons (Fsp3) is 0.788. The zero-order chi connectivity index (χ0) is 38.1. The van der Waals surface area contributed by atoms with Crippen LogP contribution in [0.5, 0.6) is 0 Å². The van der Waals surface area contributed by atoms with Crippen molar-refractivity contribution in [2.24, 2.45) is 28.7 Å². The number of esters is 2. The van der Waals surface area contributed by atoms with Gasteiger partial charge in [0.15, 0.2) is 11.6 Å². The first-order valence-corrected chi connectivity index (χ1v) is 19.5. The van der Waals surface area contributed by atoms with Crippen LogP contribution in [0, 0.1) is 23.7 Å². The molecule has 2 heterocycles. The molecule has 0 radical (unpaired) electrons. The fourth-order valence-corrected chi connectivity index (χ4v) is 8.26. The van der Waals surface area contributed by atoms with Gasteiger partial charge in [-0.25, -0.2) is 10.2 Å². The first-order chi connectivity index (χ1) is 24.1. The van der Waals surface area contributed by atoms with Crippen LogP contribution >= 0.6 is 7.67 Å². The minimum Gasteiger partial charge on any atom is -0.465 e. The molecule has 51 heavy (non-hydrogen) atoms. The second-order valence-corrected chi connectivity index (χ2v) is 15.2. The minimum atomic E-state index is -4.31. The van der Waals surface area contributed by atoms with Crippen LogP contribution in [-0.4, -0.2) is 108 Å². The Hall–Kier alpha value is -2.92. The van der Waals surface area contributed by atoms with Gasteiger partial charge in [-0.2, -0.15) is 9.97 Å². The van der Waals surface area contributed by atoms with Crippen molar-refractivity contribution in [3.63, 3.8) is 0 Å². The Labute approximate surface area is 301 Å². The smallest absolute Gasteiger partial charge is 0.342 e. The molecule has 0 aromatic carbocycles. The molecule has 1 saturated carbocycles. The number of nitrogens with one attached hydrogen (secondary N) is 2. The molecule has 2 aliphatic rings. The van der Waals surface area contributed by atoms with Gasteiger partial charge in [0.2, 0.25) is 5.95 Å². The highest BCUT2D eigenvalue weighted by Gasteiger charge is 2.66. The van der Waals surface area contributed by atoms with E-state index in [1.165, 1.54) is 13.3 Å². The van der Waals surface area contributed by atoms with Crippen molar-refractivity contribution in [3.05, 3.63) is 0 Å². The van der Waals surface area contributed by atoms with Crippen LogP contribution in [0.25, 0.3) is 0 Å². The molecule has 290 valence electrons. The summed E-state index contributed by atoms with van der Waals surface area (Å²) in [6.07, 6.45) is 1.80. The maximum atomic E-state index is 14.7. The predicted octanol–water partition coefficient (Wildman–Crippen LogP) is 2.58. The topological polar surface area (TPSA) is 246 Å². The standard InChI is InChI=1S/C33H59N8O9P/c1-9-19(5)24(30(43)48-11-3)39-51(46,40-25(20(6)10-2)31(44)49-12-4)50-18-23(47-8)27(42)33(45)21(7)22(33)17-36-26-28(34)37-32(35)38-29(26)41-15-13-14-16-41/h17,19-25,27,42,45H,9-16,18H2,1-8H3,(H2,39,40,46)(H4,34,35,37,38)/b36-17-/t19-,20-,21?,22?,23?,24?,25?,27?,33?,51?/m0/s1. The summed E-state index contributed by atoms with van der Waals surface area (Å²) in [7, 11) is -2.99. The number of nitrogen functional groups attached to an aromatic ring is 2. The molecule has 3 rings (SSSR count). The maximum Gasteiger partial charge on any atom is 0.342 e. The highest BCUT2D eigenvalue weighted by Crippen LogP contribution is 2.53. The zero-order valence-electron chi connectivity index (χ0n) is 31.2. The Morgan fingerprint density at radius 3 is 2.04 bits per heavy atom. The number of aliphatic imine (C=N–C) groups is 1. The molecule has 2 fully saturated rings. The number of carbonyl (C=O) groups excluding carboxylic acids is 2. The van der Waals surface area contributed by atoms with E-state index in [9.17, 15) is 24.4 Å². The van der Waals surface area contributed by atoms with Gasteiger partial charge in [0, 0.05) is 32.3 Å². The first kappa shape index (κ1) is 42.5. The van der Waals surface area contributed by atoms with Gasteiger partial charge in [-0.3, -0.25) is 19.1 Å². The number of aliphatic hydroxyl groups is 2. The first-order valence-electron chi connectivity index (χ1n) is 17.9. The van der Waals surface area contributed by atoms with Crippen LogP contribution < -0.4 is 26.5 Å². The number of nitrogens with zero attached hydrogens (tertiary/aromatic N) is 4. The summed E-state index contributed by atoms with van der Waals surface area (Å²) in [4.78, 5) is 41.1. The third kappa shape index (κ3) is 10.2. The molecule has 9 atom stereocenters. The summed E-state index contributed by atoms with van der Waals surface area (Å²) in [5.41, 5.74) is 10.7. The summed E-state index contributed by atoms with van der Waals surface area (Å²) in [5.74, 6) is -2.43. The van der Waals surface area contributed by atoms with E-state index in [2.05, 4.69) is 25.1 Å². The van der Waals surface area contributed by atoms with Gasteiger partial charge >= 0.3 is 19.6 Å². The fourth-order valence-electron chi connectivity index (χ4n) is 6.23. The molecule has 18 heteroatoms. The number of methoxy groups -OCH3 is 1. The van der Waals surface area contributed by atoms with Gasteiger partial charge in [-0.05, 0) is 44.4 Å². The number of hydrogen-bond acceptors (Lipinski definition) is 15. The second kappa shape index (κ2) is 18.7. The Kier molecular flexibility index (Phi) is 15.6. The van der Waals surface area contributed by atoms with Gasteiger partial charge in [-0.1, -0.05) is 47.5 Å². The monoisotopic (exact) mass is 742 g/mol. The number of rotatable bonds is 21. The summed E-state index contributed by atoms with van der Waals surface area (Å²) in [5, 5.41) is 28.9. The van der Waals surface area contributed by atoms with Crippen molar-refractivity contribution in [2.45, 2.75) is 104 Å². The van der Waals surface area contributed by atoms with Crippen molar-refractivity contribution >= 4 is 49.1 Å². The number of aromatic nitrogens is 2. The van der Waals surface area contributed by atoms with Gasteiger partial charge in [0.25, 0.3) is 0 Å². The van der Waals surface area contributed by atoms with E-state index >= 15 is 0 Å². The summed E-state index contributed by atoms with van der Waals surface area (Å²) >= 11 is 0.